The molecule has 0 radical (unpaired) electrons. The van der Waals surface area contributed by atoms with Crippen LogP contribution in [0.1, 0.15) is 36.8 Å². The van der Waals surface area contributed by atoms with Gasteiger partial charge in [0.1, 0.15) is 5.75 Å². The summed E-state index contributed by atoms with van der Waals surface area (Å²) < 4.78 is 5.55. The molecule has 1 aliphatic carbocycles. The van der Waals surface area contributed by atoms with E-state index in [0.717, 1.165) is 18.6 Å². The van der Waals surface area contributed by atoms with Crippen LogP contribution in [0.4, 0.5) is 5.69 Å². The lowest BCUT2D eigenvalue weighted by atomic mass is 9.90. The highest BCUT2D eigenvalue weighted by molar-refractivity contribution is 5.62. The highest BCUT2D eigenvalue weighted by Gasteiger charge is 2.24. The fourth-order valence-corrected chi connectivity index (χ4v) is 2.90. The number of ether oxygens (including phenoxy) is 1. The van der Waals surface area contributed by atoms with Gasteiger partial charge in [-0.15, -0.1) is 0 Å². The Morgan fingerprint density at radius 3 is 2.26 bits per heavy atom. The molecule has 0 unspecified atom stereocenters. The Balaban J connectivity index is 2.22. The average Bonchev–Trinajstić information content (AvgIpc) is 2.41. The maximum absolute atomic E-state index is 5.99. The molecule has 1 aromatic rings. The zero-order valence-electron chi connectivity index (χ0n) is 12.6. The minimum absolute atomic E-state index is 0.395. The molecule has 1 saturated carbocycles. The van der Waals surface area contributed by atoms with Crippen LogP contribution in [0, 0.1) is 13.8 Å². The smallest absolute Gasteiger partial charge is 0.142 e. The van der Waals surface area contributed by atoms with Crippen LogP contribution < -0.4 is 15.4 Å². The first-order chi connectivity index (χ1) is 9.02. The highest BCUT2D eigenvalue weighted by Crippen LogP contribution is 2.34. The number of hydrogen-bond acceptors (Lipinski definition) is 3. The third-order valence-corrected chi connectivity index (χ3v) is 4.46. The van der Waals surface area contributed by atoms with E-state index in [9.17, 15) is 0 Å². The predicted octanol–water partition coefficient (Wildman–Crippen LogP) is 3.02. The van der Waals surface area contributed by atoms with Gasteiger partial charge in [-0.2, -0.15) is 0 Å². The molecule has 0 amide bonds. The maximum atomic E-state index is 5.99. The van der Waals surface area contributed by atoms with Crippen LogP contribution in [0.2, 0.25) is 0 Å². The second-order valence-corrected chi connectivity index (χ2v) is 5.79. The van der Waals surface area contributed by atoms with Crippen LogP contribution in [-0.4, -0.2) is 26.2 Å². The molecule has 0 aromatic heterocycles. The summed E-state index contributed by atoms with van der Waals surface area (Å²) >= 11 is 0. The number of nitrogens with two attached hydrogens (primary N) is 1. The first-order valence-electron chi connectivity index (χ1n) is 7.16. The Morgan fingerprint density at radius 1 is 1.11 bits per heavy atom. The average molecular weight is 262 g/mol. The van der Waals surface area contributed by atoms with E-state index in [1.165, 1.54) is 29.7 Å². The Kier molecular flexibility index (Phi) is 4.35. The number of rotatable bonds is 3. The van der Waals surface area contributed by atoms with E-state index >= 15 is 0 Å². The van der Waals surface area contributed by atoms with Gasteiger partial charge in [0.15, 0.2) is 0 Å². The Labute approximate surface area is 116 Å². The van der Waals surface area contributed by atoms with Crippen LogP contribution in [-0.2, 0) is 0 Å². The molecule has 2 rings (SSSR count). The van der Waals surface area contributed by atoms with Gasteiger partial charge in [0, 0.05) is 19.1 Å². The molecule has 0 saturated heterocycles. The fraction of sp³-hybridized carbons (Fsp3) is 0.625. The Hall–Kier alpha value is -1.22. The van der Waals surface area contributed by atoms with Gasteiger partial charge in [-0.25, -0.2) is 0 Å². The minimum atomic E-state index is 0.395. The monoisotopic (exact) mass is 262 g/mol. The van der Waals surface area contributed by atoms with Crippen molar-refractivity contribution < 1.29 is 4.74 Å². The summed E-state index contributed by atoms with van der Waals surface area (Å²) in [5, 5.41) is 0. The SMILES string of the molecule is COc1cc(C)c(C)cc1N(C)C1CCC(N)CC1. The summed E-state index contributed by atoms with van der Waals surface area (Å²) in [6.07, 6.45) is 4.60. The second-order valence-electron chi connectivity index (χ2n) is 5.79. The van der Waals surface area contributed by atoms with Gasteiger partial charge >= 0.3 is 0 Å². The van der Waals surface area contributed by atoms with Crippen molar-refractivity contribution in [1.82, 2.24) is 0 Å². The van der Waals surface area contributed by atoms with E-state index in [-0.39, 0.29) is 0 Å². The van der Waals surface area contributed by atoms with E-state index in [4.69, 9.17) is 10.5 Å². The Morgan fingerprint density at radius 2 is 1.68 bits per heavy atom. The summed E-state index contributed by atoms with van der Waals surface area (Å²) in [6.45, 7) is 4.28. The van der Waals surface area contributed by atoms with Crippen molar-refractivity contribution in [2.75, 3.05) is 19.1 Å². The topological polar surface area (TPSA) is 38.5 Å². The largest absolute Gasteiger partial charge is 0.495 e. The lowest BCUT2D eigenvalue weighted by Gasteiger charge is -2.35. The van der Waals surface area contributed by atoms with Gasteiger partial charge < -0.3 is 15.4 Å². The van der Waals surface area contributed by atoms with Crippen molar-refractivity contribution >= 4 is 5.69 Å². The van der Waals surface area contributed by atoms with Crippen molar-refractivity contribution in [3.05, 3.63) is 23.3 Å². The van der Waals surface area contributed by atoms with Gasteiger partial charge in [-0.1, -0.05) is 0 Å². The molecule has 19 heavy (non-hydrogen) atoms. The summed E-state index contributed by atoms with van der Waals surface area (Å²) in [5.41, 5.74) is 9.79. The zero-order chi connectivity index (χ0) is 14.0. The molecule has 1 fully saturated rings. The Bertz CT molecular complexity index is 437. The van der Waals surface area contributed by atoms with Crippen LogP contribution in [0.15, 0.2) is 12.1 Å². The standard InChI is InChI=1S/C16H26N2O/c1-11-9-15(16(19-4)10-12(11)2)18(3)14-7-5-13(17)6-8-14/h9-10,13-14H,5-8,17H2,1-4H3. The number of methoxy groups -OCH3 is 1. The summed E-state index contributed by atoms with van der Waals surface area (Å²) in [6, 6.07) is 5.35. The molecule has 0 heterocycles. The van der Waals surface area contributed by atoms with Crippen molar-refractivity contribution in [1.29, 1.82) is 0 Å². The predicted molar refractivity (Wildman–Crippen MR) is 81.1 cm³/mol. The van der Waals surface area contributed by atoms with Gasteiger partial charge in [0.25, 0.3) is 0 Å². The molecular weight excluding hydrogens is 236 g/mol. The van der Waals surface area contributed by atoms with E-state index in [1.807, 2.05) is 0 Å². The second kappa shape index (κ2) is 5.83. The molecule has 1 aliphatic rings. The number of aryl methyl sites for hydroxylation is 2. The first-order valence-corrected chi connectivity index (χ1v) is 7.16. The molecule has 0 atom stereocenters. The van der Waals surface area contributed by atoms with Crippen molar-refractivity contribution in [3.63, 3.8) is 0 Å². The van der Waals surface area contributed by atoms with E-state index < -0.39 is 0 Å². The van der Waals surface area contributed by atoms with Crippen LogP contribution >= 0.6 is 0 Å². The van der Waals surface area contributed by atoms with Crippen molar-refractivity contribution in [2.24, 2.45) is 5.73 Å². The van der Waals surface area contributed by atoms with Gasteiger partial charge in [-0.3, -0.25) is 0 Å². The maximum Gasteiger partial charge on any atom is 0.142 e. The zero-order valence-corrected chi connectivity index (χ0v) is 12.6. The van der Waals surface area contributed by atoms with Gasteiger partial charge in [0.2, 0.25) is 0 Å². The quantitative estimate of drug-likeness (QED) is 0.910. The molecule has 0 aliphatic heterocycles. The number of nitrogens with zero attached hydrogens (tertiary/aromatic N) is 1. The van der Waals surface area contributed by atoms with E-state index in [1.54, 1.807) is 7.11 Å². The number of anilines is 1. The summed E-state index contributed by atoms with van der Waals surface area (Å²) in [4.78, 5) is 2.37. The lowest BCUT2D eigenvalue weighted by molar-refractivity contribution is 0.377. The van der Waals surface area contributed by atoms with Crippen LogP contribution in [0.3, 0.4) is 0 Å². The minimum Gasteiger partial charge on any atom is -0.495 e. The normalized spacial score (nSPS) is 23.2. The molecular formula is C16H26N2O. The molecule has 106 valence electrons. The third-order valence-electron chi connectivity index (χ3n) is 4.46. The fourth-order valence-electron chi connectivity index (χ4n) is 2.90. The third kappa shape index (κ3) is 3.03. The molecule has 3 heteroatoms. The molecule has 1 aromatic carbocycles. The summed E-state index contributed by atoms with van der Waals surface area (Å²) in [7, 11) is 3.92. The molecule has 0 bridgehead atoms. The van der Waals surface area contributed by atoms with E-state index in [2.05, 4.69) is 37.9 Å². The highest BCUT2D eigenvalue weighted by atomic mass is 16.5. The molecule has 3 nitrogen and oxygen atoms in total. The number of benzene rings is 1. The van der Waals surface area contributed by atoms with Gasteiger partial charge in [0.05, 0.1) is 12.8 Å². The first kappa shape index (κ1) is 14.2. The van der Waals surface area contributed by atoms with E-state index in [0.29, 0.717) is 12.1 Å². The van der Waals surface area contributed by atoms with Gasteiger partial charge in [-0.05, 0) is 62.8 Å². The molecule has 2 N–H and O–H groups in total. The lowest BCUT2D eigenvalue weighted by Crippen LogP contribution is -2.38. The molecule has 0 spiro atoms. The van der Waals surface area contributed by atoms with Crippen LogP contribution in [0.25, 0.3) is 0 Å². The van der Waals surface area contributed by atoms with Crippen molar-refractivity contribution in [3.8, 4) is 5.75 Å². The number of hydrogen-bond donors (Lipinski definition) is 1. The summed E-state index contributed by atoms with van der Waals surface area (Å²) in [5.74, 6) is 0.973. The van der Waals surface area contributed by atoms with Crippen LogP contribution in [0.5, 0.6) is 5.75 Å². The van der Waals surface area contributed by atoms with Crippen molar-refractivity contribution in [2.45, 2.75) is 51.6 Å².